The van der Waals surface area contributed by atoms with Crippen LogP contribution >= 0.6 is 0 Å². The average Bonchev–Trinajstić information content (AvgIpc) is 2.38. The summed E-state index contributed by atoms with van der Waals surface area (Å²) in [7, 11) is -3.98. The number of amides is 1. The first-order valence-corrected chi connectivity index (χ1v) is 9.27. The minimum absolute atomic E-state index is 0.223. The number of hydrogen-bond donors (Lipinski definition) is 1. The van der Waals surface area contributed by atoms with E-state index in [9.17, 15) is 13.2 Å². The van der Waals surface area contributed by atoms with Crippen molar-refractivity contribution in [3.8, 4) is 12.3 Å². The van der Waals surface area contributed by atoms with Gasteiger partial charge in [-0.15, -0.1) is 12.3 Å². The fourth-order valence-electron chi connectivity index (χ4n) is 2.49. The Hall–Kier alpha value is -2.00. The Balaban J connectivity index is 3.20. The molecule has 1 aromatic rings. The minimum Gasteiger partial charge on any atom is -0.443 e. The quantitative estimate of drug-likeness (QED) is 0.823. The van der Waals surface area contributed by atoms with E-state index in [1.54, 1.807) is 20.8 Å². The number of rotatable bonds is 5. The molecule has 0 aliphatic carbocycles. The Morgan fingerprint density at radius 1 is 1.29 bits per heavy atom. The van der Waals surface area contributed by atoms with E-state index in [0.717, 1.165) is 11.1 Å². The molecule has 0 heterocycles. The van der Waals surface area contributed by atoms with Crippen LogP contribution in [0.3, 0.4) is 0 Å². The molecular formula is C18H25NO4S. The van der Waals surface area contributed by atoms with E-state index in [-0.39, 0.29) is 12.8 Å². The van der Waals surface area contributed by atoms with Crippen molar-refractivity contribution in [1.29, 1.82) is 0 Å². The van der Waals surface area contributed by atoms with Gasteiger partial charge in [-0.2, -0.15) is 0 Å². The van der Waals surface area contributed by atoms with Gasteiger partial charge in [-0.1, -0.05) is 18.2 Å². The first-order valence-electron chi connectivity index (χ1n) is 7.72. The third-order valence-electron chi connectivity index (χ3n) is 3.41. The summed E-state index contributed by atoms with van der Waals surface area (Å²) in [5.41, 5.74) is 1.56. The zero-order valence-electron chi connectivity index (χ0n) is 14.8. The van der Waals surface area contributed by atoms with E-state index in [1.165, 1.54) is 0 Å². The number of aryl methyl sites for hydroxylation is 2. The highest BCUT2D eigenvalue weighted by atomic mass is 32.2. The number of terminal acetylenes is 1. The lowest BCUT2D eigenvalue weighted by Crippen LogP contribution is -2.39. The number of benzene rings is 1. The summed E-state index contributed by atoms with van der Waals surface area (Å²) in [5.74, 6) is 2.46. The summed E-state index contributed by atoms with van der Waals surface area (Å²) >= 11 is 0. The van der Waals surface area contributed by atoms with Crippen molar-refractivity contribution in [2.24, 2.45) is 0 Å². The lowest BCUT2D eigenvalue weighted by Gasteiger charge is -2.24. The summed E-state index contributed by atoms with van der Waals surface area (Å²) in [5, 5.41) is -0.915. The molecule has 1 unspecified atom stereocenters. The molecule has 0 radical (unpaired) electrons. The summed E-state index contributed by atoms with van der Waals surface area (Å²) in [4.78, 5) is 11.9. The SMILES string of the molecule is C#CCCC(c1c(C)cccc1C)S(=O)(=O)NC(=O)OC(C)(C)C. The normalized spacial score (nSPS) is 13.0. The molecule has 5 nitrogen and oxygen atoms in total. The molecule has 1 rings (SSSR count). The monoisotopic (exact) mass is 351 g/mol. The van der Waals surface area contributed by atoms with Crippen molar-refractivity contribution < 1.29 is 17.9 Å². The second-order valence-electron chi connectivity index (χ2n) is 6.69. The second kappa shape index (κ2) is 7.71. The van der Waals surface area contributed by atoms with Gasteiger partial charge in [0.05, 0.1) is 0 Å². The highest BCUT2D eigenvalue weighted by molar-refractivity contribution is 7.90. The highest BCUT2D eigenvalue weighted by Gasteiger charge is 2.32. The van der Waals surface area contributed by atoms with Crippen LogP contribution in [0.15, 0.2) is 18.2 Å². The van der Waals surface area contributed by atoms with Crippen molar-refractivity contribution >= 4 is 16.1 Å². The van der Waals surface area contributed by atoms with E-state index in [0.29, 0.717) is 5.56 Å². The molecule has 132 valence electrons. The van der Waals surface area contributed by atoms with E-state index in [2.05, 4.69) is 5.92 Å². The predicted molar refractivity (Wildman–Crippen MR) is 95.0 cm³/mol. The van der Waals surface area contributed by atoms with Crippen molar-refractivity contribution in [3.63, 3.8) is 0 Å². The molecule has 0 aliphatic heterocycles. The summed E-state index contributed by atoms with van der Waals surface area (Å²) < 4.78 is 32.6. The van der Waals surface area contributed by atoms with Gasteiger partial charge in [0.1, 0.15) is 10.9 Å². The molecule has 0 saturated carbocycles. The molecule has 1 amide bonds. The zero-order valence-corrected chi connectivity index (χ0v) is 15.7. The number of hydrogen-bond acceptors (Lipinski definition) is 4. The van der Waals surface area contributed by atoms with Gasteiger partial charge in [0.2, 0.25) is 10.0 Å². The molecule has 0 bridgehead atoms. The Morgan fingerprint density at radius 2 is 1.83 bits per heavy atom. The van der Waals surface area contributed by atoms with E-state index >= 15 is 0 Å². The van der Waals surface area contributed by atoms with Crippen LogP contribution in [0, 0.1) is 26.2 Å². The largest absolute Gasteiger partial charge is 0.443 e. The standard InChI is InChI=1S/C18H25NO4S/c1-7-8-12-15(16-13(2)10-9-11-14(16)3)24(21,22)19-17(20)23-18(4,5)6/h1,9-11,15H,8,12H2,2-6H3,(H,19,20). The Labute approximate surface area is 144 Å². The molecule has 1 atom stereocenters. The fourth-order valence-corrected chi connectivity index (χ4v) is 4.02. The van der Waals surface area contributed by atoms with Crippen LogP contribution < -0.4 is 4.72 Å². The molecule has 1 N–H and O–H groups in total. The van der Waals surface area contributed by atoms with Crippen LogP contribution in [0.4, 0.5) is 4.79 Å². The summed E-state index contributed by atoms with van der Waals surface area (Å²) in [6, 6.07) is 5.54. The average molecular weight is 351 g/mol. The molecule has 0 aliphatic rings. The van der Waals surface area contributed by atoms with Crippen molar-refractivity contribution in [2.45, 2.75) is 58.3 Å². The molecule has 0 spiro atoms. The third kappa shape index (κ3) is 5.57. The van der Waals surface area contributed by atoms with Gasteiger partial charge in [0, 0.05) is 6.42 Å². The molecule has 0 fully saturated rings. The van der Waals surface area contributed by atoms with Gasteiger partial charge in [0.25, 0.3) is 0 Å². The first kappa shape index (κ1) is 20.0. The lowest BCUT2D eigenvalue weighted by atomic mass is 9.97. The van der Waals surface area contributed by atoms with Crippen molar-refractivity contribution in [1.82, 2.24) is 4.72 Å². The molecule has 0 aromatic heterocycles. The maximum absolute atomic E-state index is 12.8. The first-order chi connectivity index (χ1) is 11.0. The van der Waals surface area contributed by atoms with Crippen LogP contribution in [0.1, 0.15) is 55.6 Å². The maximum Gasteiger partial charge on any atom is 0.421 e. The van der Waals surface area contributed by atoms with Gasteiger partial charge < -0.3 is 4.74 Å². The number of carbonyl (C=O) groups excluding carboxylic acids is 1. The number of sulfonamides is 1. The van der Waals surface area contributed by atoms with Gasteiger partial charge in [-0.25, -0.2) is 17.9 Å². The minimum atomic E-state index is -3.98. The van der Waals surface area contributed by atoms with Crippen LogP contribution in [0.5, 0.6) is 0 Å². The third-order valence-corrected chi connectivity index (χ3v) is 5.09. The number of carbonyl (C=O) groups is 1. The molecular weight excluding hydrogens is 326 g/mol. The molecule has 0 saturated heterocycles. The highest BCUT2D eigenvalue weighted by Crippen LogP contribution is 2.32. The van der Waals surface area contributed by atoms with Crippen molar-refractivity contribution in [2.75, 3.05) is 0 Å². The predicted octanol–water partition coefficient (Wildman–Crippen LogP) is 3.61. The topological polar surface area (TPSA) is 72.5 Å². The summed E-state index contributed by atoms with van der Waals surface area (Å²) in [6.07, 6.45) is 4.82. The van der Waals surface area contributed by atoms with Gasteiger partial charge in [-0.05, 0) is 57.7 Å². The smallest absolute Gasteiger partial charge is 0.421 e. The van der Waals surface area contributed by atoms with E-state index in [4.69, 9.17) is 11.2 Å². The van der Waals surface area contributed by atoms with Crippen LogP contribution in [-0.4, -0.2) is 20.1 Å². The van der Waals surface area contributed by atoms with Crippen molar-refractivity contribution in [3.05, 3.63) is 34.9 Å². The Kier molecular flexibility index (Phi) is 6.44. The second-order valence-corrected chi connectivity index (χ2v) is 8.55. The Bertz CT molecular complexity index is 719. The van der Waals surface area contributed by atoms with Crippen LogP contribution in [0.25, 0.3) is 0 Å². The summed E-state index contributed by atoms with van der Waals surface area (Å²) in [6.45, 7) is 8.68. The lowest BCUT2D eigenvalue weighted by molar-refractivity contribution is 0.0569. The molecule has 24 heavy (non-hydrogen) atoms. The molecule has 1 aromatic carbocycles. The number of nitrogens with one attached hydrogen (secondary N) is 1. The maximum atomic E-state index is 12.8. The fraction of sp³-hybridized carbons (Fsp3) is 0.500. The van der Waals surface area contributed by atoms with Gasteiger partial charge in [-0.3, -0.25) is 0 Å². The van der Waals surface area contributed by atoms with Gasteiger partial charge >= 0.3 is 6.09 Å². The van der Waals surface area contributed by atoms with Gasteiger partial charge in [0.15, 0.2) is 0 Å². The van der Waals surface area contributed by atoms with Crippen LogP contribution in [-0.2, 0) is 14.8 Å². The Morgan fingerprint density at radius 3 is 2.29 bits per heavy atom. The van der Waals surface area contributed by atoms with E-state index < -0.39 is 27.0 Å². The molecule has 6 heteroatoms. The number of ether oxygens (including phenoxy) is 1. The zero-order chi connectivity index (χ0) is 18.5. The van der Waals surface area contributed by atoms with E-state index in [1.807, 2.05) is 36.8 Å². The van der Waals surface area contributed by atoms with Crippen LogP contribution in [0.2, 0.25) is 0 Å².